The van der Waals surface area contributed by atoms with Crippen molar-refractivity contribution in [3.05, 3.63) is 47.5 Å². The third-order valence-electron chi connectivity index (χ3n) is 7.81. The van der Waals surface area contributed by atoms with Gasteiger partial charge in [-0.15, -0.1) is 0 Å². The maximum absolute atomic E-state index is 12.4. The molecule has 1 aliphatic heterocycles. The van der Waals surface area contributed by atoms with Crippen LogP contribution >= 0.6 is 0 Å². The van der Waals surface area contributed by atoms with Crippen molar-refractivity contribution in [3.63, 3.8) is 0 Å². The average molecular weight is 643 g/mol. The van der Waals surface area contributed by atoms with Gasteiger partial charge in [-0.25, -0.2) is 17.5 Å². The standard InChI is InChI=1S/C28H40N4O4S.C2HF3O2/c1-4-6-7-19(3)15-30-16-23-12-22(18-36-23)21-13-24-26(17-31-27(24)25(14-21)28(29)33)20-8-10-32(11-9-20)37(34,35)5-2;3-2(4,5)1(6)7/h12-14,17-20,30-31H,4-11,15-16H2,1-3H3,(H2,29,33);(H,6,7). The highest BCUT2D eigenvalue weighted by Crippen LogP contribution is 2.37. The Morgan fingerprint density at radius 3 is 2.41 bits per heavy atom. The van der Waals surface area contributed by atoms with Gasteiger partial charge in [-0.05, 0) is 73.9 Å². The van der Waals surface area contributed by atoms with E-state index in [2.05, 4.69) is 30.2 Å². The number of amides is 1. The van der Waals surface area contributed by atoms with Crippen molar-refractivity contribution < 1.29 is 40.7 Å². The van der Waals surface area contributed by atoms with E-state index in [0.717, 1.165) is 52.7 Å². The quantitative estimate of drug-likeness (QED) is 0.200. The van der Waals surface area contributed by atoms with Gasteiger partial charge in [0.15, 0.2) is 0 Å². The molecule has 4 rings (SSSR count). The number of nitrogens with one attached hydrogen (secondary N) is 2. The minimum absolute atomic E-state index is 0.121. The number of primary amides is 1. The smallest absolute Gasteiger partial charge is 0.475 e. The summed E-state index contributed by atoms with van der Waals surface area (Å²) in [5, 5.41) is 11.6. The molecule has 0 aliphatic carbocycles. The van der Waals surface area contributed by atoms with Gasteiger partial charge in [-0.1, -0.05) is 26.7 Å². The summed E-state index contributed by atoms with van der Waals surface area (Å²) in [5.41, 5.74) is 9.80. The highest BCUT2D eigenvalue weighted by molar-refractivity contribution is 7.89. The summed E-state index contributed by atoms with van der Waals surface area (Å²) < 4.78 is 63.7. The van der Waals surface area contributed by atoms with Crippen molar-refractivity contribution >= 4 is 32.8 Å². The number of alkyl halides is 3. The van der Waals surface area contributed by atoms with E-state index in [0.29, 0.717) is 31.1 Å². The van der Waals surface area contributed by atoms with Crippen LogP contribution in [0.15, 0.2) is 35.1 Å². The summed E-state index contributed by atoms with van der Waals surface area (Å²) in [6.45, 7) is 8.76. The Morgan fingerprint density at radius 1 is 1.18 bits per heavy atom. The van der Waals surface area contributed by atoms with Gasteiger partial charge in [0, 0.05) is 30.2 Å². The highest BCUT2D eigenvalue weighted by Gasteiger charge is 2.38. The van der Waals surface area contributed by atoms with Crippen LogP contribution < -0.4 is 11.1 Å². The number of rotatable bonds is 12. The molecule has 0 spiro atoms. The van der Waals surface area contributed by atoms with Crippen LogP contribution in [0.1, 0.15) is 80.5 Å². The van der Waals surface area contributed by atoms with Crippen LogP contribution in [0.25, 0.3) is 22.0 Å². The molecule has 244 valence electrons. The van der Waals surface area contributed by atoms with Crippen molar-refractivity contribution in [3.8, 4) is 11.1 Å². The number of benzene rings is 1. The number of carboxylic acid groups (broad SMARTS) is 1. The van der Waals surface area contributed by atoms with Gasteiger partial charge in [0.25, 0.3) is 5.91 Å². The Hall–Kier alpha value is -3.36. The molecule has 3 aromatic rings. The van der Waals surface area contributed by atoms with Crippen molar-refractivity contribution in [1.82, 2.24) is 14.6 Å². The van der Waals surface area contributed by atoms with Crippen molar-refractivity contribution in [2.24, 2.45) is 11.7 Å². The zero-order valence-corrected chi connectivity index (χ0v) is 26.0. The molecule has 10 nitrogen and oxygen atoms in total. The lowest BCUT2D eigenvalue weighted by atomic mass is 9.88. The first-order valence-electron chi connectivity index (χ1n) is 14.7. The number of fused-ring (bicyclic) bond motifs is 1. The summed E-state index contributed by atoms with van der Waals surface area (Å²) in [6.07, 6.45) is 3.74. The van der Waals surface area contributed by atoms with E-state index < -0.39 is 28.1 Å². The van der Waals surface area contributed by atoms with Crippen molar-refractivity contribution in [2.75, 3.05) is 25.4 Å². The number of piperidine rings is 1. The molecule has 2 aromatic heterocycles. The largest absolute Gasteiger partial charge is 0.490 e. The third-order valence-corrected chi connectivity index (χ3v) is 9.69. The molecule has 0 saturated carbocycles. The number of aromatic nitrogens is 1. The zero-order valence-electron chi connectivity index (χ0n) is 25.2. The Balaban J connectivity index is 0.000000676. The number of aliphatic carboxylic acids is 1. The third kappa shape index (κ3) is 9.08. The lowest BCUT2D eigenvalue weighted by molar-refractivity contribution is -0.192. The van der Waals surface area contributed by atoms with E-state index in [4.69, 9.17) is 20.1 Å². The van der Waals surface area contributed by atoms with Gasteiger partial charge in [-0.2, -0.15) is 13.2 Å². The first-order chi connectivity index (χ1) is 20.7. The fraction of sp³-hybridized carbons (Fsp3) is 0.533. The summed E-state index contributed by atoms with van der Waals surface area (Å²) in [5.74, 6) is -1.46. The second-order valence-corrected chi connectivity index (χ2v) is 13.4. The molecular weight excluding hydrogens is 601 g/mol. The fourth-order valence-electron chi connectivity index (χ4n) is 5.30. The van der Waals surface area contributed by atoms with Crippen LogP contribution in [0.2, 0.25) is 0 Å². The first kappa shape index (κ1) is 35.1. The highest BCUT2D eigenvalue weighted by atomic mass is 32.2. The van der Waals surface area contributed by atoms with Crippen molar-refractivity contribution in [1.29, 1.82) is 0 Å². The van der Waals surface area contributed by atoms with E-state index >= 15 is 0 Å². The summed E-state index contributed by atoms with van der Waals surface area (Å²) in [7, 11) is -3.18. The van der Waals surface area contributed by atoms with Gasteiger partial charge >= 0.3 is 12.1 Å². The summed E-state index contributed by atoms with van der Waals surface area (Å²) >= 11 is 0. The maximum atomic E-state index is 12.4. The van der Waals surface area contributed by atoms with Gasteiger partial charge in [0.05, 0.1) is 29.6 Å². The second kappa shape index (κ2) is 15.1. The Morgan fingerprint density at radius 2 is 1.84 bits per heavy atom. The SMILES string of the molecule is CCCCC(C)CNCc1cc(-c2cc(C(N)=O)c3[nH]cc(C4CCN(S(=O)(=O)CC)CC4)c3c2)co1.O=C(O)C(F)(F)F. The number of carbonyl (C=O) groups is 2. The number of unbranched alkanes of at least 4 members (excludes halogenated alkanes) is 1. The lowest BCUT2D eigenvalue weighted by Gasteiger charge is -2.31. The molecule has 1 atom stereocenters. The maximum Gasteiger partial charge on any atom is 0.490 e. The van der Waals surface area contributed by atoms with Crippen LogP contribution in [0, 0.1) is 5.92 Å². The molecule has 1 fully saturated rings. The number of H-pyrrole nitrogens is 1. The first-order valence-corrected chi connectivity index (χ1v) is 16.3. The predicted octanol–water partition coefficient (Wildman–Crippen LogP) is 5.61. The number of carbonyl (C=O) groups excluding carboxylic acids is 1. The topological polar surface area (TPSA) is 159 Å². The molecule has 3 heterocycles. The van der Waals surface area contributed by atoms with Gasteiger partial charge in [0.2, 0.25) is 10.0 Å². The number of halogens is 3. The van der Waals surface area contributed by atoms with Crippen LogP contribution in [0.3, 0.4) is 0 Å². The van der Waals surface area contributed by atoms with Crippen molar-refractivity contribution in [2.45, 2.75) is 71.5 Å². The number of nitrogens with two attached hydrogens (primary N) is 1. The molecular formula is C30H41F3N4O6S. The fourth-order valence-corrected chi connectivity index (χ4v) is 6.43. The summed E-state index contributed by atoms with van der Waals surface area (Å²) in [4.78, 5) is 24.5. The van der Waals surface area contributed by atoms with E-state index in [-0.39, 0.29) is 11.7 Å². The van der Waals surface area contributed by atoms with Crippen LogP contribution in [-0.2, 0) is 21.4 Å². The van der Waals surface area contributed by atoms with E-state index in [1.165, 1.54) is 19.3 Å². The molecule has 1 aromatic carbocycles. The van der Waals surface area contributed by atoms with E-state index in [1.54, 1.807) is 17.5 Å². The normalized spacial score (nSPS) is 15.6. The second-order valence-electron chi connectivity index (χ2n) is 11.1. The van der Waals surface area contributed by atoms with Crippen LogP contribution in [0.4, 0.5) is 13.2 Å². The number of carboxylic acids is 1. The molecule has 44 heavy (non-hydrogen) atoms. The molecule has 14 heteroatoms. The number of furan rings is 1. The molecule has 1 saturated heterocycles. The molecule has 0 bridgehead atoms. The summed E-state index contributed by atoms with van der Waals surface area (Å²) in [6, 6.07) is 5.91. The monoisotopic (exact) mass is 642 g/mol. The molecule has 0 radical (unpaired) electrons. The van der Waals surface area contributed by atoms with Crippen LogP contribution in [0.5, 0.6) is 0 Å². The molecule has 1 aliphatic rings. The Bertz CT molecular complexity index is 1530. The van der Waals surface area contributed by atoms with Gasteiger partial charge in [0.1, 0.15) is 5.76 Å². The van der Waals surface area contributed by atoms with E-state index in [1.807, 2.05) is 18.3 Å². The van der Waals surface area contributed by atoms with E-state index in [9.17, 15) is 26.4 Å². The molecule has 1 unspecified atom stereocenters. The van der Waals surface area contributed by atoms with Crippen LogP contribution in [-0.4, -0.2) is 66.3 Å². The minimum Gasteiger partial charge on any atom is -0.475 e. The molecule has 1 amide bonds. The predicted molar refractivity (Wildman–Crippen MR) is 162 cm³/mol. The number of hydrogen-bond donors (Lipinski definition) is 4. The Labute approximate surface area is 255 Å². The number of sulfonamides is 1. The average Bonchev–Trinajstić information content (AvgIpc) is 3.63. The Kier molecular flexibility index (Phi) is 12.0. The van der Waals surface area contributed by atoms with Gasteiger partial charge in [-0.3, -0.25) is 4.79 Å². The molecule has 5 N–H and O–H groups in total. The number of aromatic amines is 1. The zero-order chi connectivity index (χ0) is 32.7. The number of nitrogens with zero attached hydrogens (tertiary/aromatic N) is 1. The lowest BCUT2D eigenvalue weighted by Crippen LogP contribution is -2.38. The van der Waals surface area contributed by atoms with Gasteiger partial charge < -0.3 is 25.6 Å². The number of hydrogen-bond acceptors (Lipinski definition) is 6. The minimum atomic E-state index is -5.08.